The van der Waals surface area contributed by atoms with Gasteiger partial charge in [0.15, 0.2) is 0 Å². The third-order valence-corrected chi connectivity index (χ3v) is 4.77. The van der Waals surface area contributed by atoms with Crippen LogP contribution in [-0.4, -0.2) is 45.5 Å². The van der Waals surface area contributed by atoms with Gasteiger partial charge in [-0.15, -0.1) is 0 Å². The van der Waals surface area contributed by atoms with Crippen LogP contribution in [0.2, 0.25) is 0 Å². The van der Waals surface area contributed by atoms with Crippen LogP contribution in [0.5, 0.6) is 0 Å². The Balaban J connectivity index is 2.27. The minimum absolute atomic E-state index is 0.0539. The maximum absolute atomic E-state index is 11.9. The zero-order chi connectivity index (χ0) is 14.3. The van der Waals surface area contributed by atoms with Crippen LogP contribution < -0.4 is 10.0 Å². The van der Waals surface area contributed by atoms with Gasteiger partial charge in [-0.05, 0) is 46.1 Å². The molecule has 0 aliphatic heterocycles. The van der Waals surface area contributed by atoms with Crippen LogP contribution in [0.25, 0.3) is 0 Å². The van der Waals surface area contributed by atoms with Crippen LogP contribution >= 0.6 is 0 Å². The standard InChI is InChI=1S/C13H28N2O3S/c1-4-14-12-5-7-13(8-6-12)15-19(16,17)10-9-18-11(2)3/h11-15H,4-10H2,1-3H3. The Morgan fingerprint density at radius 1 is 1.16 bits per heavy atom. The largest absolute Gasteiger partial charge is 0.378 e. The van der Waals surface area contributed by atoms with Gasteiger partial charge < -0.3 is 10.1 Å². The van der Waals surface area contributed by atoms with E-state index in [0.29, 0.717) is 6.04 Å². The molecule has 0 bridgehead atoms. The van der Waals surface area contributed by atoms with E-state index < -0.39 is 10.0 Å². The predicted molar refractivity (Wildman–Crippen MR) is 77.7 cm³/mol. The molecule has 0 radical (unpaired) electrons. The van der Waals surface area contributed by atoms with E-state index in [2.05, 4.69) is 17.0 Å². The van der Waals surface area contributed by atoms with Crippen molar-refractivity contribution in [3.05, 3.63) is 0 Å². The van der Waals surface area contributed by atoms with Crippen LogP contribution in [0.3, 0.4) is 0 Å². The van der Waals surface area contributed by atoms with Gasteiger partial charge in [-0.1, -0.05) is 6.92 Å². The van der Waals surface area contributed by atoms with Crippen LogP contribution in [0.15, 0.2) is 0 Å². The van der Waals surface area contributed by atoms with Gasteiger partial charge in [-0.2, -0.15) is 0 Å². The highest BCUT2D eigenvalue weighted by Crippen LogP contribution is 2.19. The number of hydrogen-bond acceptors (Lipinski definition) is 4. The molecule has 0 spiro atoms. The third-order valence-electron chi connectivity index (χ3n) is 3.37. The summed E-state index contributed by atoms with van der Waals surface area (Å²) in [7, 11) is -3.20. The number of rotatable bonds is 8. The van der Waals surface area contributed by atoms with Gasteiger partial charge in [0.2, 0.25) is 10.0 Å². The van der Waals surface area contributed by atoms with E-state index in [4.69, 9.17) is 4.74 Å². The third kappa shape index (κ3) is 7.25. The fourth-order valence-corrected chi connectivity index (χ4v) is 3.59. The zero-order valence-electron chi connectivity index (χ0n) is 12.3. The molecular weight excluding hydrogens is 264 g/mol. The second-order valence-electron chi connectivity index (χ2n) is 5.46. The lowest BCUT2D eigenvalue weighted by Crippen LogP contribution is -2.43. The van der Waals surface area contributed by atoms with Crippen molar-refractivity contribution < 1.29 is 13.2 Å². The highest BCUT2D eigenvalue weighted by atomic mass is 32.2. The van der Waals surface area contributed by atoms with E-state index in [1.54, 1.807) is 0 Å². The molecule has 0 aromatic rings. The van der Waals surface area contributed by atoms with Crippen molar-refractivity contribution in [3.8, 4) is 0 Å². The fraction of sp³-hybridized carbons (Fsp3) is 1.00. The topological polar surface area (TPSA) is 67.4 Å². The Hall–Kier alpha value is -0.170. The van der Waals surface area contributed by atoms with E-state index in [1.807, 2.05) is 13.8 Å². The molecule has 1 rings (SSSR count). The first-order valence-corrected chi connectivity index (χ1v) is 8.93. The lowest BCUT2D eigenvalue weighted by molar-refractivity contribution is 0.0911. The van der Waals surface area contributed by atoms with Gasteiger partial charge in [-0.3, -0.25) is 0 Å². The summed E-state index contributed by atoms with van der Waals surface area (Å²) in [6.45, 7) is 7.15. The van der Waals surface area contributed by atoms with Gasteiger partial charge in [0.25, 0.3) is 0 Å². The normalized spacial score (nSPS) is 24.8. The lowest BCUT2D eigenvalue weighted by Gasteiger charge is -2.29. The van der Waals surface area contributed by atoms with E-state index in [1.165, 1.54) is 0 Å². The smallest absolute Gasteiger partial charge is 0.214 e. The number of sulfonamides is 1. The average molecular weight is 292 g/mol. The van der Waals surface area contributed by atoms with Gasteiger partial charge >= 0.3 is 0 Å². The van der Waals surface area contributed by atoms with E-state index in [9.17, 15) is 8.42 Å². The Kier molecular flexibility index (Phi) is 7.28. The minimum Gasteiger partial charge on any atom is -0.378 e. The highest BCUT2D eigenvalue weighted by molar-refractivity contribution is 7.89. The first kappa shape index (κ1) is 16.9. The number of ether oxygens (including phenoxy) is 1. The highest BCUT2D eigenvalue weighted by Gasteiger charge is 2.24. The molecule has 0 unspecified atom stereocenters. The summed E-state index contributed by atoms with van der Waals surface area (Å²) in [6, 6.07) is 0.647. The first-order chi connectivity index (χ1) is 8.93. The molecular formula is C13H28N2O3S. The molecule has 0 heterocycles. The Morgan fingerprint density at radius 3 is 2.26 bits per heavy atom. The molecule has 6 heteroatoms. The Bertz CT molecular complexity index is 336. The molecule has 1 aliphatic rings. The monoisotopic (exact) mass is 292 g/mol. The van der Waals surface area contributed by atoms with Crippen molar-refractivity contribution in [1.29, 1.82) is 0 Å². The van der Waals surface area contributed by atoms with Crippen LogP contribution in [-0.2, 0) is 14.8 Å². The van der Waals surface area contributed by atoms with Gasteiger partial charge in [0.1, 0.15) is 0 Å². The molecule has 5 nitrogen and oxygen atoms in total. The summed E-state index contributed by atoms with van der Waals surface area (Å²) in [5.74, 6) is 0.0539. The average Bonchev–Trinajstić information content (AvgIpc) is 2.31. The summed E-state index contributed by atoms with van der Waals surface area (Å²) in [5, 5.41) is 3.42. The molecule has 1 aliphatic carbocycles. The second-order valence-corrected chi connectivity index (χ2v) is 7.34. The van der Waals surface area contributed by atoms with E-state index >= 15 is 0 Å². The predicted octanol–water partition coefficient (Wildman–Crippen LogP) is 1.25. The van der Waals surface area contributed by atoms with Gasteiger partial charge in [0.05, 0.1) is 18.5 Å². The molecule has 0 atom stereocenters. The van der Waals surface area contributed by atoms with Crippen LogP contribution in [0, 0.1) is 0 Å². The van der Waals surface area contributed by atoms with Crippen molar-refractivity contribution in [2.24, 2.45) is 0 Å². The SMILES string of the molecule is CCNC1CCC(NS(=O)(=O)CCOC(C)C)CC1. The summed E-state index contributed by atoms with van der Waals surface area (Å²) in [6.07, 6.45) is 4.00. The summed E-state index contributed by atoms with van der Waals surface area (Å²) >= 11 is 0. The molecule has 1 fully saturated rings. The van der Waals surface area contributed by atoms with Gasteiger partial charge in [-0.25, -0.2) is 13.1 Å². The zero-order valence-corrected chi connectivity index (χ0v) is 13.1. The number of hydrogen-bond donors (Lipinski definition) is 2. The first-order valence-electron chi connectivity index (χ1n) is 7.28. The van der Waals surface area contributed by atoms with E-state index in [-0.39, 0.29) is 24.5 Å². The van der Waals surface area contributed by atoms with Crippen molar-refractivity contribution in [2.75, 3.05) is 18.9 Å². The van der Waals surface area contributed by atoms with Crippen molar-refractivity contribution >= 4 is 10.0 Å². The molecule has 19 heavy (non-hydrogen) atoms. The van der Waals surface area contributed by atoms with E-state index in [0.717, 1.165) is 32.2 Å². The molecule has 0 amide bonds. The second kappa shape index (κ2) is 8.19. The van der Waals surface area contributed by atoms with Crippen molar-refractivity contribution in [1.82, 2.24) is 10.0 Å². The summed E-state index contributed by atoms with van der Waals surface area (Å²) in [4.78, 5) is 0. The van der Waals surface area contributed by atoms with Crippen LogP contribution in [0.4, 0.5) is 0 Å². The fourth-order valence-electron chi connectivity index (χ4n) is 2.41. The van der Waals surface area contributed by atoms with Crippen LogP contribution in [0.1, 0.15) is 46.5 Å². The lowest BCUT2D eigenvalue weighted by atomic mass is 9.92. The van der Waals surface area contributed by atoms with Crippen molar-refractivity contribution in [3.63, 3.8) is 0 Å². The maximum atomic E-state index is 11.9. The van der Waals surface area contributed by atoms with Crippen molar-refractivity contribution in [2.45, 2.75) is 64.6 Å². The Morgan fingerprint density at radius 2 is 1.74 bits per heavy atom. The molecule has 0 aromatic carbocycles. The number of nitrogens with one attached hydrogen (secondary N) is 2. The molecule has 0 aromatic heterocycles. The summed E-state index contributed by atoms with van der Waals surface area (Å²) < 4.78 is 31.8. The quantitative estimate of drug-likeness (QED) is 0.706. The summed E-state index contributed by atoms with van der Waals surface area (Å²) in [5.41, 5.74) is 0. The maximum Gasteiger partial charge on any atom is 0.214 e. The molecule has 1 saturated carbocycles. The minimum atomic E-state index is -3.20. The van der Waals surface area contributed by atoms with Gasteiger partial charge in [0, 0.05) is 12.1 Å². The Labute approximate surface area is 117 Å². The molecule has 2 N–H and O–H groups in total. The molecule has 0 saturated heterocycles. The molecule has 114 valence electrons.